The molecule has 0 radical (unpaired) electrons. The molecule has 0 amide bonds. The van der Waals surface area contributed by atoms with E-state index in [0.717, 1.165) is 0 Å². The average molecular weight is 349 g/mol. The standard InChI is InChI=1S/C18H23NO6/c1-4-23-14-13(20)17(15(21)24-5-2)11-7-9-12(10-8-11)18(17,19-14)16(22)25-6-3/h7,9,11-12H,4-6,8,10H2,1-3H3/t11-,12+,17-,18+/m1/s1. The van der Waals surface area contributed by atoms with Crippen LogP contribution in [-0.2, 0) is 28.6 Å². The molecular formula is C18H23NO6. The van der Waals surface area contributed by atoms with E-state index in [1.165, 1.54) is 0 Å². The van der Waals surface area contributed by atoms with Gasteiger partial charge in [-0.25, -0.2) is 9.79 Å². The number of rotatable bonds is 5. The third-order valence-electron chi connectivity index (χ3n) is 5.35. The topological polar surface area (TPSA) is 91.3 Å². The van der Waals surface area contributed by atoms with Crippen LogP contribution >= 0.6 is 0 Å². The fourth-order valence-corrected chi connectivity index (χ4v) is 4.47. The van der Waals surface area contributed by atoms with Crippen molar-refractivity contribution in [2.75, 3.05) is 19.8 Å². The molecule has 0 aromatic heterocycles. The molecule has 4 atom stereocenters. The Morgan fingerprint density at radius 1 is 1.04 bits per heavy atom. The average Bonchev–Trinajstić information content (AvgIpc) is 2.90. The minimum Gasteiger partial charge on any atom is -0.476 e. The number of hydrogen-bond donors (Lipinski definition) is 0. The quantitative estimate of drug-likeness (QED) is 0.424. The van der Waals surface area contributed by atoms with E-state index >= 15 is 0 Å². The number of allylic oxidation sites excluding steroid dienone is 1. The van der Waals surface area contributed by atoms with E-state index in [1.54, 1.807) is 20.8 Å². The lowest BCUT2D eigenvalue weighted by atomic mass is 9.48. The lowest BCUT2D eigenvalue weighted by molar-refractivity contribution is -0.183. The van der Waals surface area contributed by atoms with Crippen LogP contribution in [0, 0.1) is 17.3 Å². The number of ketones is 1. The predicted molar refractivity (Wildman–Crippen MR) is 87.9 cm³/mol. The van der Waals surface area contributed by atoms with Gasteiger partial charge in [0.15, 0.2) is 11.0 Å². The van der Waals surface area contributed by atoms with Crippen LogP contribution in [0.25, 0.3) is 0 Å². The molecule has 4 rings (SSSR count). The van der Waals surface area contributed by atoms with Crippen LogP contribution in [0.1, 0.15) is 33.6 Å². The van der Waals surface area contributed by atoms with Gasteiger partial charge >= 0.3 is 11.9 Å². The van der Waals surface area contributed by atoms with E-state index in [0.29, 0.717) is 12.8 Å². The molecule has 7 heteroatoms. The molecule has 0 aromatic rings. The molecule has 0 spiro atoms. The van der Waals surface area contributed by atoms with Crippen LogP contribution in [-0.4, -0.2) is 49.0 Å². The first kappa shape index (κ1) is 17.6. The summed E-state index contributed by atoms with van der Waals surface area (Å²) in [6.07, 6.45) is 4.97. The Morgan fingerprint density at radius 2 is 1.64 bits per heavy atom. The summed E-state index contributed by atoms with van der Waals surface area (Å²) in [5, 5.41) is 0. The van der Waals surface area contributed by atoms with Crippen molar-refractivity contribution in [3.63, 3.8) is 0 Å². The number of nitrogens with zero attached hydrogens (tertiary/aromatic N) is 1. The minimum absolute atomic E-state index is 0.109. The molecule has 3 aliphatic carbocycles. The molecule has 4 aliphatic rings. The number of Topliss-reactive ketones (excluding diaryl/α,β-unsaturated/α-hetero) is 1. The maximum absolute atomic E-state index is 13.3. The molecule has 0 aromatic carbocycles. The molecule has 2 bridgehead atoms. The van der Waals surface area contributed by atoms with Crippen molar-refractivity contribution in [2.24, 2.45) is 22.2 Å². The molecule has 1 heterocycles. The Bertz CT molecular complexity index is 668. The van der Waals surface area contributed by atoms with E-state index in [4.69, 9.17) is 14.2 Å². The highest BCUT2D eigenvalue weighted by atomic mass is 16.5. The van der Waals surface area contributed by atoms with E-state index in [1.807, 2.05) is 12.2 Å². The highest BCUT2D eigenvalue weighted by Gasteiger charge is 2.79. The fraction of sp³-hybridized carbons (Fsp3) is 0.667. The lowest BCUT2D eigenvalue weighted by Gasteiger charge is -2.52. The van der Waals surface area contributed by atoms with Gasteiger partial charge in [-0.1, -0.05) is 12.2 Å². The van der Waals surface area contributed by atoms with Gasteiger partial charge in [-0.3, -0.25) is 9.59 Å². The van der Waals surface area contributed by atoms with Gasteiger partial charge < -0.3 is 14.2 Å². The van der Waals surface area contributed by atoms with Crippen LogP contribution in [0.2, 0.25) is 0 Å². The Morgan fingerprint density at radius 3 is 2.20 bits per heavy atom. The van der Waals surface area contributed by atoms with Crippen LogP contribution < -0.4 is 0 Å². The largest absolute Gasteiger partial charge is 0.476 e. The highest BCUT2D eigenvalue weighted by molar-refractivity contribution is 6.46. The first-order chi connectivity index (χ1) is 12.0. The minimum atomic E-state index is -1.72. The highest BCUT2D eigenvalue weighted by Crippen LogP contribution is 2.61. The number of carbonyl (C=O) groups excluding carboxylic acids is 3. The summed E-state index contributed by atoms with van der Waals surface area (Å²) in [6.45, 7) is 5.53. The van der Waals surface area contributed by atoms with Gasteiger partial charge in [-0.05, 0) is 33.6 Å². The maximum Gasteiger partial charge on any atom is 0.336 e. The molecule has 1 fully saturated rings. The number of ether oxygens (including phenoxy) is 3. The van der Waals surface area contributed by atoms with Crippen LogP contribution in [0.4, 0.5) is 0 Å². The summed E-state index contributed by atoms with van der Waals surface area (Å²) in [4.78, 5) is 43.8. The molecule has 25 heavy (non-hydrogen) atoms. The summed E-state index contributed by atoms with van der Waals surface area (Å²) in [5.41, 5.74) is -3.36. The van der Waals surface area contributed by atoms with E-state index in [-0.39, 0.29) is 25.7 Å². The Hall–Kier alpha value is -2.18. The molecular weight excluding hydrogens is 326 g/mol. The smallest absolute Gasteiger partial charge is 0.336 e. The fourth-order valence-electron chi connectivity index (χ4n) is 4.47. The molecule has 7 nitrogen and oxygen atoms in total. The monoisotopic (exact) mass is 349 g/mol. The zero-order valence-corrected chi connectivity index (χ0v) is 14.7. The second-order valence-electron chi connectivity index (χ2n) is 6.37. The second-order valence-corrected chi connectivity index (χ2v) is 6.37. The van der Waals surface area contributed by atoms with Crippen LogP contribution in [0.5, 0.6) is 0 Å². The van der Waals surface area contributed by atoms with Crippen LogP contribution in [0.3, 0.4) is 0 Å². The number of esters is 2. The Balaban J connectivity index is 2.25. The summed E-state index contributed by atoms with van der Waals surface area (Å²) in [5.74, 6) is -2.99. The first-order valence-corrected chi connectivity index (χ1v) is 8.80. The summed E-state index contributed by atoms with van der Waals surface area (Å²) in [7, 11) is 0. The van der Waals surface area contributed by atoms with Crippen molar-refractivity contribution >= 4 is 23.6 Å². The third kappa shape index (κ3) is 2.04. The van der Waals surface area contributed by atoms with Gasteiger partial charge in [-0.2, -0.15) is 0 Å². The van der Waals surface area contributed by atoms with Crippen molar-refractivity contribution in [3.05, 3.63) is 12.2 Å². The lowest BCUT2D eigenvalue weighted by Crippen LogP contribution is -2.69. The van der Waals surface area contributed by atoms with Crippen molar-refractivity contribution in [3.8, 4) is 0 Å². The second kappa shape index (κ2) is 6.28. The number of carbonyl (C=O) groups is 3. The van der Waals surface area contributed by atoms with E-state index in [2.05, 4.69) is 4.99 Å². The van der Waals surface area contributed by atoms with E-state index in [9.17, 15) is 14.4 Å². The maximum atomic E-state index is 13.3. The number of hydrogen-bond acceptors (Lipinski definition) is 7. The van der Waals surface area contributed by atoms with Gasteiger partial charge in [0.1, 0.15) is 0 Å². The van der Waals surface area contributed by atoms with Crippen molar-refractivity contribution in [1.82, 2.24) is 0 Å². The van der Waals surface area contributed by atoms with Gasteiger partial charge in [-0.15, -0.1) is 0 Å². The summed E-state index contributed by atoms with van der Waals surface area (Å²) >= 11 is 0. The predicted octanol–water partition coefficient (Wildman–Crippen LogP) is 1.45. The van der Waals surface area contributed by atoms with Gasteiger partial charge in [0, 0.05) is 11.8 Å². The van der Waals surface area contributed by atoms with Gasteiger partial charge in [0.05, 0.1) is 19.8 Å². The van der Waals surface area contributed by atoms with Crippen molar-refractivity contribution < 1.29 is 28.6 Å². The Labute approximate surface area is 146 Å². The molecule has 0 saturated heterocycles. The van der Waals surface area contributed by atoms with Gasteiger partial charge in [0.2, 0.25) is 5.78 Å². The van der Waals surface area contributed by atoms with Gasteiger partial charge in [0.25, 0.3) is 5.90 Å². The summed E-state index contributed by atoms with van der Waals surface area (Å²) < 4.78 is 15.9. The Kier molecular flexibility index (Phi) is 4.43. The van der Waals surface area contributed by atoms with Crippen molar-refractivity contribution in [2.45, 2.75) is 39.2 Å². The number of aliphatic imine (C=N–C) groups is 1. The SMILES string of the molecule is CCOC(=O)[C@@]12C(=O)C(OCC)=N[C@]1(C(=O)OCC)[C@H]1C=C[C@@H]2CC1. The zero-order valence-electron chi connectivity index (χ0n) is 14.7. The molecule has 0 unspecified atom stereocenters. The first-order valence-electron chi connectivity index (χ1n) is 8.80. The molecule has 1 aliphatic heterocycles. The zero-order chi connectivity index (χ0) is 18.2. The van der Waals surface area contributed by atoms with Crippen molar-refractivity contribution in [1.29, 1.82) is 0 Å². The third-order valence-corrected chi connectivity index (χ3v) is 5.35. The number of fused-ring (bicyclic) bond motifs is 1. The molecule has 136 valence electrons. The van der Waals surface area contributed by atoms with E-state index < -0.39 is 40.5 Å². The normalized spacial score (nSPS) is 35.2. The van der Waals surface area contributed by atoms with Crippen LogP contribution in [0.15, 0.2) is 17.1 Å². The summed E-state index contributed by atoms with van der Waals surface area (Å²) in [6, 6.07) is 0. The molecule has 1 saturated carbocycles. The molecule has 0 N–H and O–H groups in total.